The Labute approximate surface area is 221 Å². The monoisotopic (exact) mass is 654 g/mol. The number of hydrogen-bond donors (Lipinski definition) is 0. The normalized spacial score (nSPS) is 14.2. The lowest BCUT2D eigenvalue weighted by Gasteiger charge is -2.26. The van der Waals surface area contributed by atoms with Crippen molar-refractivity contribution >= 4 is 70.8 Å². The van der Waals surface area contributed by atoms with Crippen LogP contribution >= 0.6 is 47.8 Å². The molecule has 1 saturated heterocycles. The number of benzene rings is 2. The fraction of sp³-hybridized carbons (Fsp3) is 0.304. The molecule has 0 aliphatic carbocycles. The van der Waals surface area contributed by atoms with E-state index in [0.717, 1.165) is 10.0 Å². The molecule has 178 valence electrons. The van der Waals surface area contributed by atoms with Gasteiger partial charge in [0.1, 0.15) is 11.6 Å². The van der Waals surface area contributed by atoms with Gasteiger partial charge in [0.2, 0.25) is 0 Å². The lowest BCUT2D eigenvalue weighted by Crippen LogP contribution is -2.43. The second kappa shape index (κ2) is 11.1. The Morgan fingerprint density at radius 3 is 2.56 bits per heavy atom. The van der Waals surface area contributed by atoms with Crippen LogP contribution in [-0.2, 0) is 16.0 Å². The third kappa shape index (κ3) is 5.59. The smallest absolute Gasteiger partial charge is 0.282 e. The number of aromatic nitrogens is 2. The standard InChI is InChI=1S/C23H21Br3N4O4/c1-2-20-28-19-4-3-15(24)11-16(19)23(32)30(20)27-12-14-9-17(25)22(18(26)10-14)34-13-21(31)29-5-7-33-8-6-29/h3-4,9-12H,2,5-8,13H2,1H3. The summed E-state index contributed by atoms with van der Waals surface area (Å²) >= 11 is 10.4. The van der Waals surface area contributed by atoms with Crippen LogP contribution in [0.15, 0.2) is 53.6 Å². The molecule has 0 bridgehead atoms. The number of carbonyl (C=O) groups excluding carboxylic acids is 1. The summed E-state index contributed by atoms with van der Waals surface area (Å²) in [5.41, 5.74) is 1.13. The highest BCUT2D eigenvalue weighted by Gasteiger charge is 2.18. The van der Waals surface area contributed by atoms with E-state index in [-0.39, 0.29) is 18.1 Å². The van der Waals surface area contributed by atoms with Gasteiger partial charge in [-0.2, -0.15) is 9.78 Å². The van der Waals surface area contributed by atoms with Crippen molar-refractivity contribution in [2.75, 3.05) is 32.9 Å². The lowest BCUT2D eigenvalue weighted by atomic mass is 10.2. The zero-order valence-electron chi connectivity index (χ0n) is 18.3. The SMILES string of the molecule is CCc1nc2ccc(Br)cc2c(=O)n1N=Cc1cc(Br)c(OCC(=O)N2CCOCC2)c(Br)c1. The van der Waals surface area contributed by atoms with Gasteiger partial charge in [-0.05, 0) is 67.8 Å². The average Bonchev–Trinajstić information content (AvgIpc) is 2.83. The molecule has 0 N–H and O–H groups in total. The molecule has 2 heterocycles. The number of ether oxygens (including phenoxy) is 2. The molecule has 2 aromatic carbocycles. The predicted octanol–water partition coefficient (Wildman–Crippen LogP) is 4.37. The summed E-state index contributed by atoms with van der Waals surface area (Å²) in [5.74, 6) is 0.993. The predicted molar refractivity (Wildman–Crippen MR) is 141 cm³/mol. The van der Waals surface area contributed by atoms with Gasteiger partial charge in [-0.3, -0.25) is 9.59 Å². The Balaban J connectivity index is 1.56. The molecule has 0 radical (unpaired) electrons. The first-order chi connectivity index (χ1) is 16.4. The van der Waals surface area contributed by atoms with Crippen molar-refractivity contribution in [1.29, 1.82) is 0 Å². The van der Waals surface area contributed by atoms with Gasteiger partial charge in [0.15, 0.2) is 6.61 Å². The van der Waals surface area contributed by atoms with E-state index in [1.165, 1.54) is 4.68 Å². The number of halogens is 3. The summed E-state index contributed by atoms with van der Waals surface area (Å²) in [6, 6.07) is 9.03. The maximum Gasteiger partial charge on any atom is 0.282 e. The second-order valence-electron chi connectivity index (χ2n) is 7.50. The quantitative estimate of drug-likeness (QED) is 0.368. The van der Waals surface area contributed by atoms with Crippen LogP contribution in [0.25, 0.3) is 10.9 Å². The van der Waals surface area contributed by atoms with Crippen molar-refractivity contribution in [3.8, 4) is 5.75 Å². The fourth-order valence-corrected chi connectivity index (χ4v) is 5.31. The fourth-order valence-electron chi connectivity index (χ4n) is 3.50. The van der Waals surface area contributed by atoms with E-state index in [9.17, 15) is 9.59 Å². The average molecular weight is 657 g/mol. The zero-order chi connectivity index (χ0) is 24.2. The number of fused-ring (bicyclic) bond motifs is 1. The third-order valence-electron chi connectivity index (χ3n) is 5.24. The van der Waals surface area contributed by atoms with Crippen LogP contribution in [0.3, 0.4) is 0 Å². The Morgan fingerprint density at radius 2 is 1.88 bits per heavy atom. The molecule has 11 heteroatoms. The number of rotatable bonds is 6. The minimum Gasteiger partial charge on any atom is -0.481 e. The van der Waals surface area contributed by atoms with Crippen molar-refractivity contribution in [2.24, 2.45) is 5.10 Å². The zero-order valence-corrected chi connectivity index (χ0v) is 23.0. The number of aryl methyl sites for hydroxylation is 1. The first-order valence-corrected chi connectivity index (χ1v) is 13.0. The summed E-state index contributed by atoms with van der Waals surface area (Å²) in [6.45, 7) is 4.08. The summed E-state index contributed by atoms with van der Waals surface area (Å²) in [5, 5.41) is 4.91. The van der Waals surface area contributed by atoms with Gasteiger partial charge in [-0.1, -0.05) is 22.9 Å². The number of amides is 1. The Morgan fingerprint density at radius 1 is 1.18 bits per heavy atom. The van der Waals surface area contributed by atoms with Crippen LogP contribution in [0.2, 0.25) is 0 Å². The second-order valence-corrected chi connectivity index (χ2v) is 10.1. The van der Waals surface area contributed by atoms with Crippen LogP contribution in [0.1, 0.15) is 18.3 Å². The van der Waals surface area contributed by atoms with Gasteiger partial charge in [0, 0.05) is 24.0 Å². The van der Waals surface area contributed by atoms with E-state index in [2.05, 4.69) is 57.9 Å². The van der Waals surface area contributed by atoms with Crippen LogP contribution in [0, 0.1) is 0 Å². The van der Waals surface area contributed by atoms with Crippen molar-refractivity contribution in [2.45, 2.75) is 13.3 Å². The molecule has 1 fully saturated rings. The van der Waals surface area contributed by atoms with E-state index >= 15 is 0 Å². The van der Waals surface area contributed by atoms with Crippen molar-refractivity contribution in [3.63, 3.8) is 0 Å². The maximum atomic E-state index is 13.1. The van der Waals surface area contributed by atoms with Gasteiger partial charge < -0.3 is 14.4 Å². The summed E-state index contributed by atoms with van der Waals surface area (Å²) in [7, 11) is 0. The minimum absolute atomic E-state index is 0.0712. The molecule has 34 heavy (non-hydrogen) atoms. The summed E-state index contributed by atoms with van der Waals surface area (Å²) in [4.78, 5) is 31.7. The molecule has 3 aromatic rings. The van der Waals surface area contributed by atoms with E-state index in [0.29, 0.717) is 64.1 Å². The Bertz CT molecular complexity index is 1300. The van der Waals surface area contributed by atoms with Gasteiger partial charge in [0.05, 0.1) is 39.3 Å². The van der Waals surface area contributed by atoms with Gasteiger partial charge in [-0.25, -0.2) is 4.98 Å². The van der Waals surface area contributed by atoms with Gasteiger partial charge >= 0.3 is 0 Å². The maximum absolute atomic E-state index is 13.1. The number of morpholine rings is 1. The molecule has 1 aliphatic heterocycles. The van der Waals surface area contributed by atoms with Gasteiger partial charge in [-0.15, -0.1) is 0 Å². The van der Waals surface area contributed by atoms with Crippen LogP contribution in [0.4, 0.5) is 0 Å². The van der Waals surface area contributed by atoms with Crippen LogP contribution in [-0.4, -0.2) is 59.6 Å². The van der Waals surface area contributed by atoms with Crippen molar-refractivity contribution in [3.05, 3.63) is 65.5 Å². The van der Waals surface area contributed by atoms with Gasteiger partial charge in [0.25, 0.3) is 11.5 Å². The highest BCUT2D eigenvalue weighted by molar-refractivity contribution is 9.11. The van der Waals surface area contributed by atoms with Crippen molar-refractivity contribution < 1.29 is 14.3 Å². The number of nitrogens with zero attached hydrogens (tertiary/aromatic N) is 4. The summed E-state index contributed by atoms with van der Waals surface area (Å²) in [6.07, 6.45) is 2.14. The van der Waals surface area contributed by atoms with Crippen molar-refractivity contribution in [1.82, 2.24) is 14.6 Å². The molecule has 0 saturated carbocycles. The topological polar surface area (TPSA) is 86.0 Å². The first-order valence-electron chi connectivity index (χ1n) is 10.6. The lowest BCUT2D eigenvalue weighted by molar-refractivity contribution is -0.137. The molecule has 1 amide bonds. The molecule has 0 unspecified atom stereocenters. The molecule has 0 spiro atoms. The summed E-state index contributed by atoms with van der Waals surface area (Å²) < 4.78 is 14.5. The molecule has 0 atom stereocenters. The molecule has 1 aromatic heterocycles. The molecule has 4 rings (SSSR count). The molecular weight excluding hydrogens is 636 g/mol. The Kier molecular flexibility index (Phi) is 8.18. The molecular formula is C23H21Br3N4O4. The van der Waals surface area contributed by atoms with E-state index in [4.69, 9.17) is 9.47 Å². The van der Waals surface area contributed by atoms with E-state index in [1.807, 2.05) is 31.2 Å². The Hall–Kier alpha value is -2.08. The highest BCUT2D eigenvalue weighted by Crippen LogP contribution is 2.34. The number of hydrogen-bond acceptors (Lipinski definition) is 6. The third-order valence-corrected chi connectivity index (χ3v) is 6.91. The minimum atomic E-state index is -0.237. The van der Waals surface area contributed by atoms with Crippen LogP contribution in [0.5, 0.6) is 5.75 Å². The highest BCUT2D eigenvalue weighted by atomic mass is 79.9. The first kappa shape index (κ1) is 25.0. The van der Waals surface area contributed by atoms with Crippen LogP contribution < -0.4 is 10.3 Å². The number of carbonyl (C=O) groups is 1. The molecule has 8 nitrogen and oxygen atoms in total. The largest absolute Gasteiger partial charge is 0.481 e. The van der Waals surface area contributed by atoms with E-state index in [1.54, 1.807) is 17.2 Å². The van der Waals surface area contributed by atoms with E-state index < -0.39 is 0 Å². The molecule has 1 aliphatic rings.